The van der Waals surface area contributed by atoms with E-state index >= 15 is 0 Å². The lowest BCUT2D eigenvalue weighted by Crippen LogP contribution is -1.97. The van der Waals surface area contributed by atoms with Gasteiger partial charge in [-0.25, -0.2) is 4.98 Å². The third-order valence-electron chi connectivity index (χ3n) is 3.34. The summed E-state index contributed by atoms with van der Waals surface area (Å²) in [6.07, 6.45) is 3.77. The maximum Gasteiger partial charge on any atom is 0.223 e. The maximum atomic E-state index is 4.98. The van der Waals surface area contributed by atoms with Gasteiger partial charge in [-0.1, -0.05) is 42.9 Å². The molecule has 0 aliphatic rings. The molecule has 0 spiro atoms. The molecule has 6 heteroatoms. The summed E-state index contributed by atoms with van der Waals surface area (Å²) in [5.74, 6) is 2.45. The highest BCUT2D eigenvalue weighted by atomic mass is 32.2. The lowest BCUT2D eigenvalue weighted by Gasteiger charge is -2.09. The van der Waals surface area contributed by atoms with Crippen LogP contribution in [-0.4, -0.2) is 19.7 Å². The lowest BCUT2D eigenvalue weighted by atomic mass is 10.0. The fourth-order valence-corrected chi connectivity index (χ4v) is 2.96. The Morgan fingerprint density at radius 1 is 1.23 bits per heavy atom. The van der Waals surface area contributed by atoms with Gasteiger partial charge in [0.2, 0.25) is 5.89 Å². The summed E-state index contributed by atoms with van der Waals surface area (Å²) >= 11 is 1.59. The summed E-state index contributed by atoms with van der Waals surface area (Å²) in [7, 11) is 0. The van der Waals surface area contributed by atoms with Crippen molar-refractivity contribution in [2.45, 2.75) is 37.6 Å². The summed E-state index contributed by atoms with van der Waals surface area (Å²) in [5, 5.41) is 4.82. The number of nitrogens with zero attached hydrogens (tertiary/aromatic N) is 4. The van der Waals surface area contributed by atoms with Crippen LogP contribution in [0.5, 0.6) is 0 Å². The van der Waals surface area contributed by atoms with E-state index in [9.17, 15) is 0 Å². The second-order valence-electron chi connectivity index (χ2n) is 5.34. The van der Waals surface area contributed by atoms with Crippen LogP contribution in [0.15, 0.2) is 46.3 Å². The molecule has 0 saturated carbocycles. The van der Waals surface area contributed by atoms with Gasteiger partial charge in [-0.15, -0.1) is 0 Å². The molecule has 0 unspecified atom stereocenters. The van der Waals surface area contributed by atoms with Gasteiger partial charge in [-0.2, -0.15) is 4.98 Å². The number of hydrogen-bond acceptors (Lipinski definition) is 5. The molecular formula is C16H18N4OS. The molecule has 22 heavy (non-hydrogen) atoms. The predicted octanol–water partition coefficient (Wildman–Crippen LogP) is 3.98. The molecule has 0 atom stereocenters. The Hall–Kier alpha value is -2.08. The van der Waals surface area contributed by atoms with Crippen molar-refractivity contribution >= 4 is 11.8 Å². The highest BCUT2D eigenvalue weighted by molar-refractivity contribution is 7.98. The van der Waals surface area contributed by atoms with Gasteiger partial charge in [0.05, 0.1) is 5.75 Å². The van der Waals surface area contributed by atoms with Crippen LogP contribution in [0, 0.1) is 6.92 Å². The van der Waals surface area contributed by atoms with Crippen molar-refractivity contribution in [3.8, 4) is 5.69 Å². The van der Waals surface area contributed by atoms with Crippen molar-refractivity contribution in [1.82, 2.24) is 19.7 Å². The van der Waals surface area contributed by atoms with Crippen molar-refractivity contribution < 1.29 is 4.52 Å². The summed E-state index contributed by atoms with van der Waals surface area (Å²) in [5.41, 5.74) is 2.44. The van der Waals surface area contributed by atoms with Crippen LogP contribution in [0.1, 0.15) is 37.0 Å². The zero-order chi connectivity index (χ0) is 15.5. The molecule has 1 aromatic carbocycles. The number of imidazole rings is 1. The largest absolute Gasteiger partial charge is 0.340 e. The molecular weight excluding hydrogens is 296 g/mol. The summed E-state index contributed by atoms with van der Waals surface area (Å²) < 4.78 is 7.05. The minimum atomic E-state index is 0.534. The van der Waals surface area contributed by atoms with Gasteiger partial charge in [0.25, 0.3) is 0 Å². The molecule has 3 aromatic rings. The van der Waals surface area contributed by atoms with E-state index in [-0.39, 0.29) is 0 Å². The van der Waals surface area contributed by atoms with Gasteiger partial charge in [0.1, 0.15) is 0 Å². The van der Waals surface area contributed by atoms with Crippen molar-refractivity contribution in [3.63, 3.8) is 0 Å². The fraction of sp³-hybridized carbons (Fsp3) is 0.312. The van der Waals surface area contributed by atoms with E-state index in [2.05, 4.69) is 57.8 Å². The molecule has 0 bridgehead atoms. The Labute approximate surface area is 133 Å². The van der Waals surface area contributed by atoms with E-state index in [0.29, 0.717) is 23.4 Å². The Bertz CT molecular complexity index is 746. The lowest BCUT2D eigenvalue weighted by molar-refractivity contribution is 0.389. The third-order valence-corrected chi connectivity index (χ3v) is 4.31. The first-order chi connectivity index (χ1) is 10.6. The van der Waals surface area contributed by atoms with E-state index in [4.69, 9.17) is 4.52 Å². The quantitative estimate of drug-likeness (QED) is 0.667. The number of thioether (sulfide) groups is 1. The van der Waals surface area contributed by atoms with Gasteiger partial charge in [-0.05, 0) is 23.6 Å². The molecule has 0 N–H and O–H groups in total. The Morgan fingerprint density at radius 2 is 2.00 bits per heavy atom. The molecule has 5 nitrogen and oxygen atoms in total. The second kappa shape index (κ2) is 6.36. The second-order valence-corrected chi connectivity index (χ2v) is 6.29. The molecule has 0 radical (unpaired) electrons. The van der Waals surface area contributed by atoms with E-state index < -0.39 is 0 Å². The van der Waals surface area contributed by atoms with E-state index in [1.807, 2.05) is 6.20 Å². The Kier molecular flexibility index (Phi) is 4.29. The Balaban J connectivity index is 1.76. The van der Waals surface area contributed by atoms with Crippen molar-refractivity contribution in [1.29, 1.82) is 0 Å². The topological polar surface area (TPSA) is 56.7 Å². The summed E-state index contributed by atoms with van der Waals surface area (Å²) in [6.45, 7) is 6.18. The molecule has 114 valence electrons. The van der Waals surface area contributed by atoms with Gasteiger partial charge in [0, 0.05) is 25.0 Å². The predicted molar refractivity (Wildman–Crippen MR) is 86.2 cm³/mol. The number of rotatable bonds is 5. The number of aryl methyl sites for hydroxylation is 1. The van der Waals surface area contributed by atoms with E-state index in [1.54, 1.807) is 24.9 Å². The molecule has 0 saturated heterocycles. The zero-order valence-corrected chi connectivity index (χ0v) is 13.7. The van der Waals surface area contributed by atoms with Crippen molar-refractivity contribution in [2.24, 2.45) is 0 Å². The first-order valence-corrected chi connectivity index (χ1v) is 8.17. The van der Waals surface area contributed by atoms with E-state index in [1.165, 1.54) is 5.56 Å². The SMILES string of the molecule is Cc1nc(CSc2nccn2-c2ccc(C(C)C)cc2)no1. The molecule has 3 rings (SSSR count). The third kappa shape index (κ3) is 3.22. The minimum absolute atomic E-state index is 0.534. The van der Waals surface area contributed by atoms with Crippen LogP contribution in [0.25, 0.3) is 5.69 Å². The zero-order valence-electron chi connectivity index (χ0n) is 12.9. The number of aromatic nitrogens is 4. The van der Waals surface area contributed by atoms with Crippen LogP contribution < -0.4 is 0 Å². The van der Waals surface area contributed by atoms with Gasteiger partial charge < -0.3 is 4.52 Å². The van der Waals surface area contributed by atoms with E-state index in [0.717, 1.165) is 10.8 Å². The highest BCUT2D eigenvalue weighted by Crippen LogP contribution is 2.24. The standard InChI is InChI=1S/C16H18N4OS/c1-11(2)13-4-6-14(7-5-13)20-9-8-17-16(20)22-10-15-18-12(3)21-19-15/h4-9,11H,10H2,1-3H3. The molecule has 2 aromatic heterocycles. The first kappa shape index (κ1) is 14.8. The van der Waals surface area contributed by atoms with Crippen molar-refractivity contribution in [2.75, 3.05) is 0 Å². The maximum absolute atomic E-state index is 4.98. The van der Waals surface area contributed by atoms with Crippen LogP contribution in [0.2, 0.25) is 0 Å². The molecule has 0 fully saturated rings. The molecule has 0 aliphatic heterocycles. The minimum Gasteiger partial charge on any atom is -0.340 e. The summed E-state index contributed by atoms with van der Waals surface area (Å²) in [4.78, 5) is 8.62. The first-order valence-electron chi connectivity index (χ1n) is 7.19. The van der Waals surface area contributed by atoms with Crippen LogP contribution in [0.4, 0.5) is 0 Å². The molecule has 0 amide bonds. The molecule has 2 heterocycles. The average molecular weight is 314 g/mol. The number of hydrogen-bond donors (Lipinski definition) is 0. The van der Waals surface area contributed by atoms with Crippen LogP contribution in [0.3, 0.4) is 0 Å². The smallest absolute Gasteiger partial charge is 0.223 e. The van der Waals surface area contributed by atoms with Crippen LogP contribution in [-0.2, 0) is 5.75 Å². The normalized spacial score (nSPS) is 11.3. The van der Waals surface area contributed by atoms with Gasteiger partial charge in [-0.3, -0.25) is 4.57 Å². The van der Waals surface area contributed by atoms with Crippen LogP contribution >= 0.6 is 11.8 Å². The fourth-order valence-electron chi connectivity index (χ4n) is 2.14. The Morgan fingerprint density at radius 3 is 2.64 bits per heavy atom. The number of benzene rings is 1. The van der Waals surface area contributed by atoms with Crippen molar-refractivity contribution in [3.05, 3.63) is 53.9 Å². The highest BCUT2D eigenvalue weighted by Gasteiger charge is 2.09. The summed E-state index contributed by atoms with van der Waals surface area (Å²) in [6, 6.07) is 8.58. The average Bonchev–Trinajstić information content (AvgIpc) is 3.14. The van der Waals surface area contributed by atoms with Gasteiger partial charge >= 0.3 is 0 Å². The van der Waals surface area contributed by atoms with Gasteiger partial charge in [0.15, 0.2) is 11.0 Å². The monoisotopic (exact) mass is 314 g/mol. The molecule has 0 aliphatic carbocycles.